The number of nitriles is 1. The zero-order chi connectivity index (χ0) is 13.8. The number of aryl methyl sites for hydroxylation is 1. The van der Waals surface area contributed by atoms with Crippen LogP contribution in [0.1, 0.15) is 24.5 Å². The van der Waals surface area contributed by atoms with Gasteiger partial charge >= 0.3 is 6.18 Å². The maximum atomic E-state index is 12.6. The SMILES string of the molecule is CCCN(CC(F)(F)F)c1c(C)cccc1C#N. The molecule has 5 heteroatoms. The van der Waals surface area contributed by atoms with Gasteiger partial charge in [-0.05, 0) is 25.0 Å². The van der Waals surface area contributed by atoms with Crippen molar-refractivity contribution in [1.82, 2.24) is 0 Å². The molecule has 0 saturated heterocycles. The number of anilines is 1. The lowest BCUT2D eigenvalue weighted by atomic mass is 10.1. The molecule has 0 bridgehead atoms. The molecule has 0 heterocycles. The molecule has 0 N–H and O–H groups in total. The van der Waals surface area contributed by atoms with Crippen molar-refractivity contribution in [3.8, 4) is 6.07 Å². The van der Waals surface area contributed by atoms with Crippen molar-refractivity contribution >= 4 is 5.69 Å². The fourth-order valence-corrected chi connectivity index (χ4v) is 1.93. The van der Waals surface area contributed by atoms with E-state index in [0.717, 1.165) is 0 Å². The molecule has 0 atom stereocenters. The minimum Gasteiger partial charge on any atom is -0.361 e. The molecule has 1 aromatic carbocycles. The molecule has 0 saturated carbocycles. The lowest BCUT2D eigenvalue weighted by Crippen LogP contribution is -2.35. The van der Waals surface area contributed by atoms with Crippen LogP contribution in [-0.2, 0) is 0 Å². The Kier molecular flexibility index (Phi) is 4.60. The van der Waals surface area contributed by atoms with E-state index in [9.17, 15) is 13.2 Å². The van der Waals surface area contributed by atoms with E-state index in [-0.39, 0.29) is 12.1 Å². The van der Waals surface area contributed by atoms with E-state index >= 15 is 0 Å². The van der Waals surface area contributed by atoms with Gasteiger partial charge in [-0.1, -0.05) is 19.1 Å². The molecule has 0 radical (unpaired) electrons. The molecule has 0 unspecified atom stereocenters. The van der Waals surface area contributed by atoms with E-state index in [4.69, 9.17) is 5.26 Å². The molecule has 1 aromatic rings. The molecule has 0 spiro atoms. The third kappa shape index (κ3) is 3.66. The van der Waals surface area contributed by atoms with E-state index in [1.165, 1.54) is 4.90 Å². The maximum Gasteiger partial charge on any atom is 0.405 e. The van der Waals surface area contributed by atoms with Gasteiger partial charge in [-0.2, -0.15) is 18.4 Å². The molecule has 2 nitrogen and oxygen atoms in total. The summed E-state index contributed by atoms with van der Waals surface area (Å²) >= 11 is 0. The normalized spacial score (nSPS) is 11.1. The minimum absolute atomic E-state index is 0.277. The Labute approximate surface area is 105 Å². The minimum atomic E-state index is -4.27. The number of alkyl halides is 3. The van der Waals surface area contributed by atoms with Gasteiger partial charge in [0.2, 0.25) is 0 Å². The van der Waals surface area contributed by atoms with Gasteiger partial charge in [0.15, 0.2) is 0 Å². The van der Waals surface area contributed by atoms with E-state index in [1.54, 1.807) is 25.1 Å². The molecule has 0 fully saturated rings. The summed E-state index contributed by atoms with van der Waals surface area (Å²) < 4.78 is 37.7. The second kappa shape index (κ2) is 5.76. The maximum absolute atomic E-state index is 12.6. The predicted molar refractivity (Wildman–Crippen MR) is 64.5 cm³/mol. The topological polar surface area (TPSA) is 27.0 Å². The van der Waals surface area contributed by atoms with Gasteiger partial charge < -0.3 is 4.90 Å². The number of rotatable bonds is 4. The summed E-state index contributed by atoms with van der Waals surface area (Å²) in [5.74, 6) is 0. The first-order valence-corrected chi connectivity index (χ1v) is 5.70. The first-order chi connectivity index (χ1) is 8.39. The van der Waals surface area contributed by atoms with Gasteiger partial charge in [0.25, 0.3) is 0 Å². The van der Waals surface area contributed by atoms with Crippen molar-refractivity contribution in [3.05, 3.63) is 29.3 Å². The number of benzene rings is 1. The Hall–Kier alpha value is -1.70. The molecular weight excluding hydrogens is 241 g/mol. The van der Waals surface area contributed by atoms with Crippen LogP contribution in [0.25, 0.3) is 0 Å². The molecule has 0 aromatic heterocycles. The summed E-state index contributed by atoms with van der Waals surface area (Å²) in [6.45, 7) is 2.78. The van der Waals surface area contributed by atoms with Crippen molar-refractivity contribution in [2.75, 3.05) is 18.0 Å². The van der Waals surface area contributed by atoms with Gasteiger partial charge in [0, 0.05) is 6.54 Å². The first kappa shape index (κ1) is 14.4. The van der Waals surface area contributed by atoms with Gasteiger partial charge in [0.1, 0.15) is 12.6 Å². The fraction of sp³-hybridized carbons (Fsp3) is 0.462. The van der Waals surface area contributed by atoms with Gasteiger partial charge in [0.05, 0.1) is 11.3 Å². The Morgan fingerprint density at radius 1 is 1.33 bits per heavy atom. The molecular formula is C13H15F3N2. The number of hydrogen-bond donors (Lipinski definition) is 0. The van der Waals surface area contributed by atoms with Gasteiger partial charge in [-0.15, -0.1) is 0 Å². The van der Waals surface area contributed by atoms with Crippen molar-refractivity contribution in [1.29, 1.82) is 5.26 Å². The molecule has 0 amide bonds. The van der Waals surface area contributed by atoms with E-state index in [1.807, 2.05) is 13.0 Å². The molecule has 98 valence electrons. The van der Waals surface area contributed by atoms with E-state index in [0.29, 0.717) is 17.7 Å². The van der Waals surface area contributed by atoms with Crippen LogP contribution in [0, 0.1) is 18.3 Å². The number of halogens is 3. The zero-order valence-electron chi connectivity index (χ0n) is 10.4. The highest BCUT2D eigenvalue weighted by Gasteiger charge is 2.31. The molecule has 0 aliphatic rings. The number of nitrogens with zero attached hydrogens (tertiary/aromatic N) is 2. The van der Waals surface area contributed by atoms with Crippen molar-refractivity contribution in [2.45, 2.75) is 26.4 Å². The number of para-hydroxylation sites is 1. The van der Waals surface area contributed by atoms with Crippen LogP contribution in [-0.4, -0.2) is 19.3 Å². The molecule has 1 rings (SSSR count). The third-order valence-electron chi connectivity index (χ3n) is 2.54. The summed E-state index contributed by atoms with van der Waals surface area (Å²) in [6, 6.07) is 6.89. The largest absolute Gasteiger partial charge is 0.405 e. The van der Waals surface area contributed by atoms with Crippen LogP contribution in [0.15, 0.2) is 18.2 Å². The lowest BCUT2D eigenvalue weighted by molar-refractivity contribution is -0.119. The van der Waals surface area contributed by atoms with Crippen LogP contribution < -0.4 is 4.90 Å². The lowest BCUT2D eigenvalue weighted by Gasteiger charge is -2.27. The van der Waals surface area contributed by atoms with Crippen LogP contribution in [0.5, 0.6) is 0 Å². The standard InChI is InChI=1S/C13H15F3N2/c1-3-7-18(9-13(14,15)16)12-10(2)5-4-6-11(12)8-17/h4-6H,3,7,9H2,1-2H3. The smallest absolute Gasteiger partial charge is 0.361 e. The van der Waals surface area contributed by atoms with Crippen molar-refractivity contribution in [2.24, 2.45) is 0 Å². The molecule has 0 aliphatic heterocycles. The van der Waals surface area contributed by atoms with Gasteiger partial charge in [-0.3, -0.25) is 0 Å². The predicted octanol–water partition coefficient (Wildman–Crippen LogP) is 3.65. The van der Waals surface area contributed by atoms with Crippen molar-refractivity contribution in [3.63, 3.8) is 0 Å². The fourth-order valence-electron chi connectivity index (χ4n) is 1.93. The highest BCUT2D eigenvalue weighted by molar-refractivity contribution is 5.64. The highest BCUT2D eigenvalue weighted by Crippen LogP contribution is 2.28. The van der Waals surface area contributed by atoms with Crippen LogP contribution in [0.4, 0.5) is 18.9 Å². The Balaban J connectivity index is 3.17. The number of hydrogen-bond acceptors (Lipinski definition) is 2. The molecule has 0 aliphatic carbocycles. The van der Waals surface area contributed by atoms with Gasteiger partial charge in [-0.25, -0.2) is 0 Å². The Morgan fingerprint density at radius 3 is 2.50 bits per heavy atom. The van der Waals surface area contributed by atoms with Crippen molar-refractivity contribution < 1.29 is 13.2 Å². The van der Waals surface area contributed by atoms with E-state index in [2.05, 4.69) is 0 Å². The second-order valence-corrected chi connectivity index (χ2v) is 4.12. The Morgan fingerprint density at radius 2 is 2.00 bits per heavy atom. The average molecular weight is 256 g/mol. The highest BCUT2D eigenvalue weighted by atomic mass is 19.4. The summed E-state index contributed by atoms with van der Waals surface area (Å²) in [4.78, 5) is 1.23. The second-order valence-electron chi connectivity index (χ2n) is 4.12. The third-order valence-corrected chi connectivity index (χ3v) is 2.54. The quantitative estimate of drug-likeness (QED) is 0.822. The zero-order valence-corrected chi connectivity index (χ0v) is 10.4. The summed E-state index contributed by atoms with van der Waals surface area (Å²) in [5.41, 5.74) is 1.36. The van der Waals surface area contributed by atoms with Crippen LogP contribution in [0.2, 0.25) is 0 Å². The van der Waals surface area contributed by atoms with Crippen LogP contribution >= 0.6 is 0 Å². The summed E-state index contributed by atoms with van der Waals surface area (Å²) in [6.07, 6.45) is -3.68. The van der Waals surface area contributed by atoms with E-state index < -0.39 is 12.7 Å². The van der Waals surface area contributed by atoms with Crippen LogP contribution in [0.3, 0.4) is 0 Å². The Bertz CT molecular complexity index is 447. The monoisotopic (exact) mass is 256 g/mol. The average Bonchev–Trinajstić information content (AvgIpc) is 2.26. The first-order valence-electron chi connectivity index (χ1n) is 5.70. The summed E-state index contributed by atoms with van der Waals surface area (Å²) in [7, 11) is 0. The molecule has 18 heavy (non-hydrogen) atoms. The summed E-state index contributed by atoms with van der Waals surface area (Å²) in [5, 5.41) is 9.00.